The second-order valence-corrected chi connectivity index (χ2v) is 12.4. The van der Waals surface area contributed by atoms with Gasteiger partial charge in [0.1, 0.15) is 5.82 Å². The summed E-state index contributed by atoms with van der Waals surface area (Å²) >= 11 is 0. The van der Waals surface area contributed by atoms with Gasteiger partial charge in [-0.15, -0.1) is 0 Å². The fraction of sp³-hybridized carbons (Fsp3) is 0.650. The van der Waals surface area contributed by atoms with E-state index < -0.39 is 25.7 Å². The van der Waals surface area contributed by atoms with E-state index in [-0.39, 0.29) is 54.0 Å². The van der Waals surface area contributed by atoms with Gasteiger partial charge in [-0.3, -0.25) is 9.69 Å². The van der Waals surface area contributed by atoms with Crippen molar-refractivity contribution in [3.8, 4) is 0 Å². The molecule has 0 aromatic heterocycles. The SMILES string of the molecule is CC[C@H](C)N(C(=O)CN1CCN(S(=O)(=O)c2cccc(F)c2)CC1)[C@H]1CCS(=O)(=O)C1. The number of hydrogen-bond donors (Lipinski definition) is 0. The molecule has 11 heteroatoms. The zero-order valence-electron chi connectivity index (χ0n) is 17.9. The molecule has 1 aromatic carbocycles. The highest BCUT2D eigenvalue weighted by atomic mass is 32.2. The average molecular weight is 476 g/mol. The molecule has 1 aromatic rings. The maximum Gasteiger partial charge on any atom is 0.243 e. The van der Waals surface area contributed by atoms with Crippen LogP contribution < -0.4 is 0 Å². The Bertz CT molecular complexity index is 1010. The van der Waals surface area contributed by atoms with E-state index in [2.05, 4.69) is 0 Å². The third kappa shape index (κ3) is 5.63. The number of nitrogens with zero attached hydrogens (tertiary/aromatic N) is 3. The van der Waals surface area contributed by atoms with Gasteiger partial charge in [0.2, 0.25) is 15.9 Å². The van der Waals surface area contributed by atoms with Crippen molar-refractivity contribution in [3.05, 3.63) is 30.1 Å². The second kappa shape index (κ2) is 9.51. The van der Waals surface area contributed by atoms with Crippen molar-refractivity contribution in [2.24, 2.45) is 0 Å². The lowest BCUT2D eigenvalue weighted by molar-refractivity contribution is -0.137. The Morgan fingerprint density at radius 2 is 1.94 bits per heavy atom. The lowest BCUT2D eigenvalue weighted by Gasteiger charge is -2.38. The highest BCUT2D eigenvalue weighted by Gasteiger charge is 2.37. The highest BCUT2D eigenvalue weighted by molar-refractivity contribution is 7.91. The minimum absolute atomic E-state index is 0.00271. The molecule has 31 heavy (non-hydrogen) atoms. The first-order chi connectivity index (χ1) is 14.5. The Balaban J connectivity index is 1.62. The molecule has 174 valence electrons. The molecule has 1 amide bonds. The van der Waals surface area contributed by atoms with E-state index in [9.17, 15) is 26.0 Å². The molecular weight excluding hydrogens is 445 g/mol. The van der Waals surface area contributed by atoms with E-state index in [4.69, 9.17) is 0 Å². The molecule has 2 aliphatic rings. The van der Waals surface area contributed by atoms with Crippen LogP contribution in [-0.4, -0.2) is 93.2 Å². The molecule has 2 atom stereocenters. The van der Waals surface area contributed by atoms with Crippen LogP contribution in [0.5, 0.6) is 0 Å². The molecule has 3 rings (SSSR count). The molecule has 2 fully saturated rings. The van der Waals surface area contributed by atoms with E-state index in [0.717, 1.165) is 12.5 Å². The summed E-state index contributed by atoms with van der Waals surface area (Å²) < 4.78 is 64.1. The van der Waals surface area contributed by atoms with Crippen LogP contribution >= 0.6 is 0 Å². The average Bonchev–Trinajstić information content (AvgIpc) is 3.07. The Labute approximate surface area is 184 Å². The maximum absolute atomic E-state index is 13.4. The van der Waals surface area contributed by atoms with Crippen molar-refractivity contribution in [2.75, 3.05) is 44.2 Å². The van der Waals surface area contributed by atoms with Crippen LogP contribution in [0.15, 0.2) is 29.2 Å². The van der Waals surface area contributed by atoms with Crippen LogP contribution in [0.25, 0.3) is 0 Å². The summed E-state index contributed by atoms with van der Waals surface area (Å²) in [6.07, 6.45) is 1.18. The summed E-state index contributed by atoms with van der Waals surface area (Å²) in [5, 5.41) is 0. The smallest absolute Gasteiger partial charge is 0.243 e. The molecule has 0 radical (unpaired) electrons. The van der Waals surface area contributed by atoms with Crippen LogP contribution in [-0.2, 0) is 24.7 Å². The number of piperazine rings is 1. The van der Waals surface area contributed by atoms with Gasteiger partial charge < -0.3 is 4.90 Å². The molecule has 2 saturated heterocycles. The number of benzene rings is 1. The summed E-state index contributed by atoms with van der Waals surface area (Å²) in [5.41, 5.74) is 0. The lowest BCUT2D eigenvalue weighted by atomic mass is 10.1. The number of halogens is 1. The molecule has 0 spiro atoms. The lowest BCUT2D eigenvalue weighted by Crippen LogP contribution is -2.54. The zero-order valence-corrected chi connectivity index (χ0v) is 19.5. The summed E-state index contributed by atoms with van der Waals surface area (Å²) in [5.74, 6) is -0.626. The molecule has 0 saturated carbocycles. The fourth-order valence-electron chi connectivity index (χ4n) is 4.18. The quantitative estimate of drug-likeness (QED) is 0.583. The largest absolute Gasteiger partial charge is 0.335 e. The third-order valence-corrected chi connectivity index (χ3v) is 9.72. The van der Waals surface area contributed by atoms with Crippen molar-refractivity contribution >= 4 is 25.8 Å². The minimum atomic E-state index is -3.79. The van der Waals surface area contributed by atoms with Gasteiger partial charge in [-0.2, -0.15) is 4.31 Å². The molecule has 0 bridgehead atoms. The normalized spacial score (nSPS) is 23.5. The van der Waals surface area contributed by atoms with Crippen LogP contribution in [0, 0.1) is 5.82 Å². The number of sulfonamides is 1. The van der Waals surface area contributed by atoms with E-state index in [1.54, 1.807) is 4.90 Å². The van der Waals surface area contributed by atoms with Gasteiger partial charge in [0, 0.05) is 38.3 Å². The third-order valence-electron chi connectivity index (χ3n) is 6.08. The molecule has 8 nitrogen and oxygen atoms in total. The number of carbonyl (C=O) groups is 1. The van der Waals surface area contributed by atoms with Gasteiger partial charge in [0.15, 0.2) is 9.84 Å². The van der Waals surface area contributed by atoms with Gasteiger partial charge in [-0.25, -0.2) is 21.2 Å². The van der Waals surface area contributed by atoms with Gasteiger partial charge in [0.25, 0.3) is 0 Å². The van der Waals surface area contributed by atoms with Gasteiger partial charge in [0.05, 0.1) is 22.9 Å². The maximum atomic E-state index is 13.4. The first-order valence-electron chi connectivity index (χ1n) is 10.5. The first kappa shape index (κ1) is 24.1. The minimum Gasteiger partial charge on any atom is -0.335 e. The number of amides is 1. The zero-order chi connectivity index (χ0) is 22.8. The van der Waals surface area contributed by atoms with Crippen molar-refractivity contribution in [2.45, 2.75) is 43.7 Å². The van der Waals surface area contributed by atoms with Crippen molar-refractivity contribution in [1.29, 1.82) is 0 Å². The van der Waals surface area contributed by atoms with Gasteiger partial charge >= 0.3 is 0 Å². The highest BCUT2D eigenvalue weighted by Crippen LogP contribution is 2.22. The Hall–Kier alpha value is -1.56. The molecule has 0 unspecified atom stereocenters. The Morgan fingerprint density at radius 1 is 1.26 bits per heavy atom. The molecule has 2 aliphatic heterocycles. The van der Waals surface area contributed by atoms with Crippen LogP contribution in [0.1, 0.15) is 26.7 Å². The van der Waals surface area contributed by atoms with Crippen molar-refractivity contribution < 1.29 is 26.0 Å². The molecule has 0 N–H and O–H groups in total. The number of carbonyl (C=O) groups excluding carboxylic acids is 1. The predicted octanol–water partition coefficient (Wildman–Crippen LogP) is 0.946. The summed E-state index contributed by atoms with van der Waals surface area (Å²) in [6, 6.07) is 4.56. The fourth-order valence-corrected chi connectivity index (χ4v) is 7.34. The monoisotopic (exact) mass is 475 g/mol. The number of sulfone groups is 1. The predicted molar refractivity (Wildman–Crippen MR) is 115 cm³/mol. The van der Waals surface area contributed by atoms with Crippen LogP contribution in [0.4, 0.5) is 4.39 Å². The van der Waals surface area contributed by atoms with E-state index in [1.165, 1.54) is 22.5 Å². The van der Waals surface area contributed by atoms with E-state index in [1.807, 2.05) is 18.7 Å². The molecule has 0 aliphatic carbocycles. The summed E-state index contributed by atoms with van der Waals surface area (Å²) in [7, 11) is -6.90. The van der Waals surface area contributed by atoms with Crippen molar-refractivity contribution in [1.82, 2.24) is 14.1 Å². The summed E-state index contributed by atoms with van der Waals surface area (Å²) in [4.78, 5) is 16.6. The van der Waals surface area contributed by atoms with Crippen molar-refractivity contribution in [3.63, 3.8) is 0 Å². The topological polar surface area (TPSA) is 95.1 Å². The number of hydrogen-bond acceptors (Lipinski definition) is 6. The molecular formula is C20H30FN3O5S2. The molecule has 2 heterocycles. The van der Waals surface area contributed by atoms with Crippen LogP contribution in [0.3, 0.4) is 0 Å². The van der Waals surface area contributed by atoms with Gasteiger partial charge in [-0.05, 0) is 38.0 Å². The first-order valence-corrected chi connectivity index (χ1v) is 13.8. The van der Waals surface area contributed by atoms with E-state index in [0.29, 0.717) is 19.5 Å². The van der Waals surface area contributed by atoms with Gasteiger partial charge in [-0.1, -0.05) is 13.0 Å². The van der Waals surface area contributed by atoms with Crippen LogP contribution in [0.2, 0.25) is 0 Å². The second-order valence-electron chi connectivity index (χ2n) is 8.25. The Kier molecular flexibility index (Phi) is 7.39. The number of rotatable bonds is 7. The standard InChI is InChI=1S/C20H30FN3O5S2/c1-3-16(2)24(18-7-12-30(26,27)15-18)20(25)14-22-8-10-23(11-9-22)31(28,29)19-6-4-5-17(21)13-19/h4-6,13,16,18H,3,7-12,14-15H2,1-2H3/t16-,18-/m0/s1. The van der Waals surface area contributed by atoms with E-state index >= 15 is 0 Å². The Morgan fingerprint density at radius 3 is 2.48 bits per heavy atom. The summed E-state index contributed by atoms with van der Waals surface area (Å²) in [6.45, 7) is 5.15.